The van der Waals surface area contributed by atoms with Gasteiger partial charge in [0.2, 0.25) is 5.43 Å². The van der Waals surface area contributed by atoms with Crippen molar-refractivity contribution in [3.63, 3.8) is 0 Å². The van der Waals surface area contributed by atoms with E-state index in [1.165, 1.54) is 0 Å². The molecule has 0 saturated carbocycles. The molecule has 0 unspecified atom stereocenters. The summed E-state index contributed by atoms with van der Waals surface area (Å²) in [5.74, 6) is 0.0148. The van der Waals surface area contributed by atoms with Gasteiger partial charge in [-0.2, -0.15) is 0 Å². The van der Waals surface area contributed by atoms with Gasteiger partial charge in [-0.05, 0) is 50.7 Å². The van der Waals surface area contributed by atoms with Crippen molar-refractivity contribution in [3.05, 3.63) is 61.5 Å². The predicted octanol–water partition coefficient (Wildman–Crippen LogP) is 6.04. The first-order valence-corrected chi connectivity index (χ1v) is 11.3. The zero-order chi connectivity index (χ0) is 23.5. The standard InChI is InChI=1S/C25H35ClN2O3/c1-14(2)19-10-9-11-20(15(3)4)23(19)27-25(30)21-17(7)28(12-13-31-16(5)6)18(8)22(26)24(21)29/h9-11,14-16H,12-13H2,1-8H3,(H,27,30). The third kappa shape index (κ3) is 5.58. The number of amides is 1. The van der Waals surface area contributed by atoms with Gasteiger partial charge >= 0.3 is 0 Å². The molecule has 1 N–H and O–H groups in total. The van der Waals surface area contributed by atoms with E-state index in [1.807, 2.05) is 36.6 Å². The van der Waals surface area contributed by atoms with E-state index >= 15 is 0 Å². The number of ether oxygens (including phenoxy) is 1. The first-order valence-electron chi connectivity index (χ1n) is 10.9. The Bertz CT molecular complexity index is 981. The zero-order valence-electron chi connectivity index (χ0n) is 19.9. The van der Waals surface area contributed by atoms with Crippen molar-refractivity contribution < 1.29 is 9.53 Å². The van der Waals surface area contributed by atoms with Gasteiger partial charge in [0, 0.05) is 23.6 Å². The van der Waals surface area contributed by atoms with E-state index < -0.39 is 11.3 Å². The molecule has 31 heavy (non-hydrogen) atoms. The van der Waals surface area contributed by atoms with Crippen LogP contribution < -0.4 is 10.7 Å². The molecule has 5 nitrogen and oxygen atoms in total. The van der Waals surface area contributed by atoms with E-state index in [2.05, 4.69) is 33.0 Å². The monoisotopic (exact) mass is 446 g/mol. The summed E-state index contributed by atoms with van der Waals surface area (Å²) in [6, 6.07) is 6.04. The largest absolute Gasteiger partial charge is 0.377 e. The SMILES string of the molecule is Cc1c(Cl)c(=O)c(C(=O)Nc2c(C(C)C)cccc2C(C)C)c(C)n1CCOC(C)C. The van der Waals surface area contributed by atoms with Crippen LogP contribution in [0.5, 0.6) is 0 Å². The van der Waals surface area contributed by atoms with Crippen LogP contribution in [0, 0.1) is 13.8 Å². The van der Waals surface area contributed by atoms with Gasteiger partial charge in [-0.15, -0.1) is 0 Å². The van der Waals surface area contributed by atoms with Crippen LogP contribution in [0.3, 0.4) is 0 Å². The number of hydrogen-bond donors (Lipinski definition) is 1. The van der Waals surface area contributed by atoms with Crippen molar-refractivity contribution >= 4 is 23.2 Å². The van der Waals surface area contributed by atoms with E-state index in [9.17, 15) is 9.59 Å². The fourth-order valence-electron chi connectivity index (χ4n) is 3.80. The maximum absolute atomic E-state index is 13.4. The number of nitrogens with one attached hydrogen (secondary N) is 1. The van der Waals surface area contributed by atoms with E-state index in [0.717, 1.165) is 16.8 Å². The van der Waals surface area contributed by atoms with E-state index in [1.54, 1.807) is 13.8 Å². The quantitative estimate of drug-likeness (QED) is 0.537. The molecule has 170 valence electrons. The Morgan fingerprint density at radius 3 is 2.06 bits per heavy atom. The van der Waals surface area contributed by atoms with Crippen molar-refractivity contribution in [2.75, 3.05) is 11.9 Å². The molecular formula is C25H35ClN2O3. The second-order valence-corrected chi connectivity index (χ2v) is 9.21. The highest BCUT2D eigenvalue weighted by Crippen LogP contribution is 2.33. The molecule has 0 saturated heterocycles. The summed E-state index contributed by atoms with van der Waals surface area (Å²) in [6.07, 6.45) is 0.0974. The first kappa shape index (κ1) is 25.2. The average Bonchev–Trinajstić information content (AvgIpc) is 2.68. The molecule has 0 bridgehead atoms. The molecule has 0 radical (unpaired) electrons. The highest BCUT2D eigenvalue weighted by molar-refractivity contribution is 6.31. The third-order valence-corrected chi connectivity index (χ3v) is 5.97. The van der Waals surface area contributed by atoms with Gasteiger partial charge in [0.25, 0.3) is 5.91 Å². The van der Waals surface area contributed by atoms with Crippen LogP contribution in [-0.2, 0) is 11.3 Å². The second-order valence-electron chi connectivity index (χ2n) is 8.84. The lowest BCUT2D eigenvalue weighted by Crippen LogP contribution is -2.29. The van der Waals surface area contributed by atoms with Gasteiger partial charge in [-0.3, -0.25) is 9.59 Å². The summed E-state index contributed by atoms with van der Waals surface area (Å²) >= 11 is 6.36. The summed E-state index contributed by atoms with van der Waals surface area (Å²) < 4.78 is 7.55. The van der Waals surface area contributed by atoms with Crippen LogP contribution in [0.1, 0.15) is 86.3 Å². The fraction of sp³-hybridized carbons (Fsp3) is 0.520. The summed E-state index contributed by atoms with van der Waals surface area (Å²) in [5, 5.41) is 3.12. The third-order valence-electron chi connectivity index (χ3n) is 5.52. The number of halogens is 1. The van der Waals surface area contributed by atoms with Crippen molar-refractivity contribution in [2.24, 2.45) is 0 Å². The van der Waals surface area contributed by atoms with Crippen LogP contribution in [0.4, 0.5) is 5.69 Å². The topological polar surface area (TPSA) is 60.3 Å². The normalized spacial score (nSPS) is 11.6. The molecule has 0 fully saturated rings. The lowest BCUT2D eigenvalue weighted by atomic mass is 9.92. The van der Waals surface area contributed by atoms with Crippen LogP contribution in [0.15, 0.2) is 23.0 Å². The summed E-state index contributed by atoms with van der Waals surface area (Å²) in [6.45, 7) is 16.8. The van der Waals surface area contributed by atoms with Gasteiger partial charge in [-0.25, -0.2) is 0 Å². The minimum absolute atomic E-state index is 0.0709. The summed E-state index contributed by atoms with van der Waals surface area (Å²) in [5.41, 5.74) is 3.73. The number of para-hydroxylation sites is 1. The molecule has 0 aliphatic carbocycles. The molecule has 2 aromatic rings. The van der Waals surface area contributed by atoms with Crippen LogP contribution >= 0.6 is 11.6 Å². The molecule has 1 heterocycles. The van der Waals surface area contributed by atoms with Gasteiger partial charge in [-0.1, -0.05) is 57.5 Å². The maximum atomic E-state index is 13.4. The molecule has 0 atom stereocenters. The summed E-state index contributed by atoms with van der Waals surface area (Å²) in [7, 11) is 0. The minimum Gasteiger partial charge on any atom is -0.377 e. The number of pyridine rings is 1. The van der Waals surface area contributed by atoms with Crippen LogP contribution in [0.25, 0.3) is 0 Å². The Labute approximate surface area is 190 Å². The number of aromatic nitrogens is 1. The Kier molecular flexibility index (Phi) is 8.49. The molecule has 1 amide bonds. The molecule has 0 aliphatic heterocycles. The Balaban J connectivity index is 2.54. The van der Waals surface area contributed by atoms with Gasteiger partial charge in [0.05, 0.1) is 12.7 Å². The number of carbonyl (C=O) groups is 1. The second kappa shape index (κ2) is 10.5. The number of benzene rings is 1. The van der Waals surface area contributed by atoms with Crippen molar-refractivity contribution in [1.29, 1.82) is 0 Å². The van der Waals surface area contributed by atoms with E-state index in [-0.39, 0.29) is 28.5 Å². The minimum atomic E-state index is -0.441. The number of rotatable bonds is 8. The van der Waals surface area contributed by atoms with Crippen molar-refractivity contribution in [2.45, 2.75) is 79.9 Å². The van der Waals surface area contributed by atoms with Crippen molar-refractivity contribution in [1.82, 2.24) is 4.57 Å². The number of hydrogen-bond acceptors (Lipinski definition) is 3. The molecular weight excluding hydrogens is 412 g/mol. The smallest absolute Gasteiger partial charge is 0.261 e. The molecule has 1 aromatic carbocycles. The molecule has 0 aliphatic rings. The lowest BCUT2D eigenvalue weighted by Gasteiger charge is -2.22. The Morgan fingerprint density at radius 2 is 1.58 bits per heavy atom. The number of carbonyl (C=O) groups excluding carboxylic acids is 1. The number of anilines is 1. The van der Waals surface area contributed by atoms with Crippen LogP contribution in [-0.4, -0.2) is 23.2 Å². The van der Waals surface area contributed by atoms with Gasteiger partial charge < -0.3 is 14.6 Å². The zero-order valence-corrected chi connectivity index (χ0v) is 20.7. The number of nitrogens with zero attached hydrogens (tertiary/aromatic N) is 1. The molecule has 1 aromatic heterocycles. The molecule has 6 heteroatoms. The highest BCUT2D eigenvalue weighted by atomic mass is 35.5. The van der Waals surface area contributed by atoms with E-state index in [0.29, 0.717) is 24.5 Å². The van der Waals surface area contributed by atoms with Gasteiger partial charge in [0.15, 0.2) is 0 Å². The maximum Gasteiger partial charge on any atom is 0.261 e. The summed E-state index contributed by atoms with van der Waals surface area (Å²) in [4.78, 5) is 26.4. The Hall–Kier alpha value is -2.11. The van der Waals surface area contributed by atoms with Gasteiger partial charge in [0.1, 0.15) is 10.6 Å². The Morgan fingerprint density at radius 1 is 1.03 bits per heavy atom. The molecule has 0 spiro atoms. The highest BCUT2D eigenvalue weighted by Gasteiger charge is 2.24. The van der Waals surface area contributed by atoms with Crippen LogP contribution in [0.2, 0.25) is 5.02 Å². The average molecular weight is 447 g/mol. The predicted molar refractivity (Wildman–Crippen MR) is 129 cm³/mol. The van der Waals surface area contributed by atoms with Crippen molar-refractivity contribution in [3.8, 4) is 0 Å². The lowest BCUT2D eigenvalue weighted by molar-refractivity contribution is 0.0719. The fourth-order valence-corrected chi connectivity index (χ4v) is 3.99. The first-order chi connectivity index (χ1) is 14.5. The molecule has 2 rings (SSSR count). The van der Waals surface area contributed by atoms with E-state index in [4.69, 9.17) is 16.3 Å².